The second kappa shape index (κ2) is 8.67. The molecule has 1 unspecified atom stereocenters. The Labute approximate surface area is 155 Å². The zero-order chi connectivity index (χ0) is 18.4. The van der Waals surface area contributed by atoms with Crippen LogP contribution in [-0.2, 0) is 9.53 Å². The Hall–Kier alpha value is -2.34. The zero-order valence-corrected chi connectivity index (χ0v) is 15.9. The molecular weight excluding hydrogens is 386 g/mol. The number of benzene rings is 2. The van der Waals surface area contributed by atoms with Gasteiger partial charge in [0.25, 0.3) is 5.91 Å². The molecule has 2 rings (SSSR count). The van der Waals surface area contributed by atoms with Crippen molar-refractivity contribution in [1.29, 1.82) is 0 Å². The lowest BCUT2D eigenvalue weighted by atomic mass is 10.1. The van der Waals surface area contributed by atoms with Gasteiger partial charge in [-0.3, -0.25) is 4.79 Å². The maximum absolute atomic E-state index is 12.4. The molecule has 0 aliphatic heterocycles. The second-order valence-corrected chi connectivity index (χ2v) is 6.37. The molecule has 25 heavy (non-hydrogen) atoms. The lowest BCUT2D eigenvalue weighted by molar-refractivity contribution is -0.122. The Bertz CT molecular complexity index is 759. The van der Waals surface area contributed by atoms with Crippen LogP contribution in [0, 0.1) is 6.92 Å². The average molecular weight is 406 g/mol. The number of esters is 1. The second-order valence-electron chi connectivity index (χ2n) is 5.45. The quantitative estimate of drug-likeness (QED) is 0.725. The third-order valence-electron chi connectivity index (χ3n) is 3.50. The Morgan fingerprint density at radius 2 is 1.84 bits per heavy atom. The minimum atomic E-state index is -0.688. The number of nitrogens with one attached hydrogen (secondary N) is 1. The molecule has 2 aromatic rings. The Morgan fingerprint density at radius 1 is 1.16 bits per heavy atom. The highest BCUT2D eigenvalue weighted by atomic mass is 79.9. The molecule has 0 spiro atoms. The highest BCUT2D eigenvalue weighted by Gasteiger charge is 2.17. The minimum absolute atomic E-state index is 0.298. The number of ether oxygens (including phenoxy) is 2. The Morgan fingerprint density at radius 3 is 2.48 bits per heavy atom. The predicted octanol–water partition coefficient (Wildman–Crippen LogP) is 4.34. The van der Waals surface area contributed by atoms with Gasteiger partial charge in [-0.1, -0.05) is 22.0 Å². The lowest BCUT2D eigenvalue weighted by Crippen LogP contribution is -2.30. The van der Waals surface area contributed by atoms with Crippen LogP contribution >= 0.6 is 15.9 Å². The van der Waals surface area contributed by atoms with E-state index < -0.39 is 12.1 Å². The van der Waals surface area contributed by atoms with Gasteiger partial charge in [0.15, 0.2) is 6.10 Å². The van der Waals surface area contributed by atoms with Gasteiger partial charge in [0, 0.05) is 10.2 Å². The van der Waals surface area contributed by atoms with Crippen LogP contribution in [-0.4, -0.2) is 24.6 Å². The lowest BCUT2D eigenvalue weighted by Gasteiger charge is -2.16. The largest absolute Gasteiger partial charge is 0.481 e. The van der Waals surface area contributed by atoms with Crippen molar-refractivity contribution in [2.45, 2.75) is 26.9 Å². The van der Waals surface area contributed by atoms with E-state index in [-0.39, 0.29) is 5.91 Å². The molecule has 0 saturated heterocycles. The number of aryl methyl sites for hydroxylation is 1. The highest BCUT2D eigenvalue weighted by Crippen LogP contribution is 2.20. The molecule has 2 aromatic carbocycles. The number of carbonyl (C=O) groups is 2. The summed E-state index contributed by atoms with van der Waals surface area (Å²) < 4.78 is 11.6. The summed E-state index contributed by atoms with van der Waals surface area (Å²) in [6.45, 7) is 5.56. The topological polar surface area (TPSA) is 64.6 Å². The van der Waals surface area contributed by atoms with Crippen molar-refractivity contribution < 1.29 is 19.1 Å². The summed E-state index contributed by atoms with van der Waals surface area (Å²) >= 11 is 3.35. The summed E-state index contributed by atoms with van der Waals surface area (Å²) in [4.78, 5) is 24.2. The van der Waals surface area contributed by atoms with Crippen LogP contribution in [0.3, 0.4) is 0 Å². The summed E-state index contributed by atoms with van der Waals surface area (Å²) in [6, 6.07) is 12.3. The van der Waals surface area contributed by atoms with Crippen LogP contribution < -0.4 is 10.1 Å². The van der Waals surface area contributed by atoms with Gasteiger partial charge in [0.1, 0.15) is 5.75 Å². The fourth-order valence-corrected chi connectivity index (χ4v) is 2.37. The highest BCUT2D eigenvalue weighted by molar-refractivity contribution is 9.10. The van der Waals surface area contributed by atoms with Crippen molar-refractivity contribution in [1.82, 2.24) is 0 Å². The van der Waals surface area contributed by atoms with E-state index >= 15 is 0 Å². The summed E-state index contributed by atoms with van der Waals surface area (Å²) in [5, 5.41) is 2.80. The van der Waals surface area contributed by atoms with Crippen molar-refractivity contribution in [3.8, 4) is 5.75 Å². The van der Waals surface area contributed by atoms with Crippen LogP contribution in [0.1, 0.15) is 29.8 Å². The molecule has 1 N–H and O–H groups in total. The molecule has 0 radical (unpaired) electrons. The van der Waals surface area contributed by atoms with Crippen LogP contribution in [0.25, 0.3) is 0 Å². The predicted molar refractivity (Wildman–Crippen MR) is 100.0 cm³/mol. The van der Waals surface area contributed by atoms with Gasteiger partial charge in [-0.2, -0.15) is 0 Å². The number of anilines is 1. The van der Waals surface area contributed by atoms with Gasteiger partial charge in [0.05, 0.1) is 12.2 Å². The zero-order valence-electron chi connectivity index (χ0n) is 14.3. The summed E-state index contributed by atoms with van der Waals surface area (Å²) in [5.41, 5.74) is 1.79. The van der Waals surface area contributed by atoms with Crippen molar-refractivity contribution in [2.24, 2.45) is 0 Å². The number of hydrogen-bond acceptors (Lipinski definition) is 4. The normalized spacial score (nSPS) is 11.5. The SMILES string of the molecule is CCOC(=O)c1ccc(C)c(NC(=O)C(C)Oc2ccc(Br)cc2)c1. The number of halogens is 1. The van der Waals surface area contributed by atoms with Crippen LogP contribution in [0.15, 0.2) is 46.9 Å². The number of hydrogen-bond donors (Lipinski definition) is 1. The molecule has 0 heterocycles. The Balaban J connectivity index is 2.07. The van der Waals surface area contributed by atoms with Gasteiger partial charge < -0.3 is 14.8 Å². The van der Waals surface area contributed by atoms with E-state index in [0.29, 0.717) is 23.6 Å². The molecule has 6 heteroatoms. The first-order valence-electron chi connectivity index (χ1n) is 7.91. The Kier molecular flexibility index (Phi) is 6.58. The van der Waals surface area contributed by atoms with Crippen LogP contribution in [0.5, 0.6) is 5.75 Å². The molecule has 0 saturated carbocycles. The molecule has 1 atom stereocenters. The van der Waals surface area contributed by atoms with E-state index in [2.05, 4.69) is 21.2 Å². The summed E-state index contributed by atoms with van der Waals surface area (Å²) in [5.74, 6) is -0.118. The molecule has 0 aliphatic rings. The van der Waals surface area contributed by atoms with E-state index in [1.54, 1.807) is 44.2 Å². The van der Waals surface area contributed by atoms with Crippen LogP contribution in [0.4, 0.5) is 5.69 Å². The van der Waals surface area contributed by atoms with E-state index in [0.717, 1.165) is 10.0 Å². The maximum atomic E-state index is 12.4. The van der Waals surface area contributed by atoms with Crippen molar-refractivity contribution in [3.63, 3.8) is 0 Å². The molecule has 0 aromatic heterocycles. The first kappa shape index (κ1) is 19.0. The van der Waals surface area contributed by atoms with E-state index in [1.807, 2.05) is 19.1 Å². The fourth-order valence-electron chi connectivity index (χ4n) is 2.10. The van der Waals surface area contributed by atoms with Gasteiger partial charge in [-0.25, -0.2) is 4.79 Å². The van der Waals surface area contributed by atoms with Crippen molar-refractivity contribution >= 4 is 33.5 Å². The molecule has 0 fully saturated rings. The number of carbonyl (C=O) groups excluding carboxylic acids is 2. The van der Waals surface area contributed by atoms with Crippen molar-refractivity contribution in [3.05, 3.63) is 58.1 Å². The summed E-state index contributed by atoms with van der Waals surface area (Å²) in [6.07, 6.45) is -0.688. The molecule has 1 amide bonds. The van der Waals surface area contributed by atoms with Crippen LogP contribution in [0.2, 0.25) is 0 Å². The first-order valence-corrected chi connectivity index (χ1v) is 8.71. The standard InChI is InChI=1S/C19H20BrNO4/c1-4-24-19(23)14-6-5-12(2)17(11-14)21-18(22)13(3)25-16-9-7-15(20)8-10-16/h5-11,13H,4H2,1-3H3,(H,21,22). The maximum Gasteiger partial charge on any atom is 0.338 e. The average Bonchev–Trinajstić information content (AvgIpc) is 2.59. The van der Waals surface area contributed by atoms with Crippen molar-refractivity contribution in [2.75, 3.05) is 11.9 Å². The molecule has 132 valence electrons. The molecule has 5 nitrogen and oxygen atoms in total. The summed E-state index contributed by atoms with van der Waals surface area (Å²) in [7, 11) is 0. The van der Waals surface area contributed by atoms with Gasteiger partial charge in [0.2, 0.25) is 0 Å². The van der Waals surface area contributed by atoms with Gasteiger partial charge >= 0.3 is 5.97 Å². The van der Waals surface area contributed by atoms with E-state index in [1.165, 1.54) is 0 Å². The molecule has 0 bridgehead atoms. The number of rotatable bonds is 6. The fraction of sp³-hybridized carbons (Fsp3) is 0.263. The van der Waals surface area contributed by atoms with E-state index in [9.17, 15) is 9.59 Å². The van der Waals surface area contributed by atoms with Gasteiger partial charge in [-0.05, 0) is 62.7 Å². The monoisotopic (exact) mass is 405 g/mol. The third-order valence-corrected chi connectivity index (χ3v) is 4.03. The van der Waals surface area contributed by atoms with E-state index in [4.69, 9.17) is 9.47 Å². The van der Waals surface area contributed by atoms with Gasteiger partial charge in [-0.15, -0.1) is 0 Å². The smallest absolute Gasteiger partial charge is 0.338 e. The third kappa shape index (κ3) is 5.32. The minimum Gasteiger partial charge on any atom is -0.481 e. The molecular formula is C19H20BrNO4. The first-order chi connectivity index (χ1) is 11.9. The number of amides is 1. The molecule has 0 aliphatic carbocycles.